The molecule has 1 fully saturated rings. The maximum atomic E-state index is 12.1. The normalized spacial score (nSPS) is 15.7. The summed E-state index contributed by atoms with van der Waals surface area (Å²) in [5, 5.41) is 17.0. The number of amides is 4. The van der Waals surface area contributed by atoms with Crippen molar-refractivity contribution in [3.63, 3.8) is 0 Å². The molecule has 14 heteroatoms. The maximum Gasteiger partial charge on any atom is 0.325 e. The molecule has 0 aromatic heterocycles. The molecule has 1 heterocycles. The summed E-state index contributed by atoms with van der Waals surface area (Å²) >= 11 is 4.03. The van der Waals surface area contributed by atoms with Gasteiger partial charge in [-0.2, -0.15) is 23.5 Å². The van der Waals surface area contributed by atoms with Crippen LogP contribution >= 0.6 is 23.5 Å². The van der Waals surface area contributed by atoms with Crippen LogP contribution in [0.3, 0.4) is 0 Å². The highest BCUT2D eigenvalue weighted by Crippen LogP contribution is 2.23. The largest absolute Gasteiger partial charge is 0.459 e. The molecule has 0 bridgehead atoms. The van der Waals surface area contributed by atoms with Crippen LogP contribution in [0.4, 0.5) is 0 Å². The Morgan fingerprint density at radius 2 is 1.63 bits per heavy atom. The average molecular weight is 762 g/mol. The first kappa shape index (κ1) is 52.7. The second kappa shape index (κ2) is 34.5. The number of carbonyl (C=O) groups excluding carboxylic acids is 6. The third-order valence-corrected chi connectivity index (χ3v) is 9.80. The third-order valence-electron chi connectivity index (χ3n) is 7.17. The Morgan fingerprint density at radius 3 is 2.08 bits per heavy atom. The zero-order chi connectivity index (χ0) is 39.7. The molecule has 1 aliphatic rings. The van der Waals surface area contributed by atoms with Crippen molar-refractivity contribution in [2.24, 2.45) is 11.8 Å². The Labute approximate surface area is 317 Å². The number of thioether (sulfide) groups is 2. The molecule has 0 aromatic rings. The van der Waals surface area contributed by atoms with E-state index in [0.29, 0.717) is 50.6 Å². The summed E-state index contributed by atoms with van der Waals surface area (Å²) in [7, 11) is 0. The van der Waals surface area contributed by atoms with Gasteiger partial charge < -0.3 is 31.4 Å². The number of rotatable bonds is 21. The van der Waals surface area contributed by atoms with E-state index in [1.807, 2.05) is 18.7 Å². The van der Waals surface area contributed by atoms with Gasteiger partial charge in [0, 0.05) is 37.6 Å². The smallest absolute Gasteiger partial charge is 0.325 e. The van der Waals surface area contributed by atoms with Crippen molar-refractivity contribution >= 4 is 65.6 Å². The van der Waals surface area contributed by atoms with Crippen molar-refractivity contribution in [2.75, 3.05) is 36.1 Å². The SMILES string of the molecule is CC(=O)NC(CCCCNC=O)C(=O)NCC(=O)OC(C)(C)C.CCC(=O)C=N.CCC(C)C(=O)NC1CSCC1C.CCCCCSCCC. The van der Waals surface area contributed by atoms with Crippen LogP contribution in [0.1, 0.15) is 127 Å². The van der Waals surface area contributed by atoms with E-state index in [-0.39, 0.29) is 30.1 Å². The number of nitrogens with one attached hydrogen (secondary N) is 5. The summed E-state index contributed by atoms with van der Waals surface area (Å²) in [6, 6.07) is -0.308. The second-order valence-corrected chi connectivity index (χ2v) is 15.6. The molecule has 5 N–H and O–H groups in total. The van der Waals surface area contributed by atoms with E-state index in [1.54, 1.807) is 27.7 Å². The summed E-state index contributed by atoms with van der Waals surface area (Å²) in [6.07, 6.45) is 10.1. The molecule has 0 aromatic carbocycles. The van der Waals surface area contributed by atoms with Crippen LogP contribution in [-0.4, -0.2) is 95.9 Å². The first-order valence-electron chi connectivity index (χ1n) is 18.5. The lowest BCUT2D eigenvalue weighted by Gasteiger charge is -2.21. The van der Waals surface area contributed by atoms with E-state index in [1.165, 1.54) is 49.9 Å². The minimum Gasteiger partial charge on any atom is -0.459 e. The van der Waals surface area contributed by atoms with Crippen LogP contribution in [0.15, 0.2) is 0 Å². The van der Waals surface area contributed by atoms with E-state index in [9.17, 15) is 28.8 Å². The first-order chi connectivity index (χ1) is 24.0. The molecule has 1 aliphatic heterocycles. The van der Waals surface area contributed by atoms with Gasteiger partial charge in [0.25, 0.3) is 0 Å². The summed E-state index contributed by atoms with van der Waals surface area (Å²) in [4.78, 5) is 66.4. The van der Waals surface area contributed by atoms with Crippen LogP contribution in [-0.2, 0) is 33.5 Å². The lowest BCUT2D eigenvalue weighted by atomic mass is 10.0. The van der Waals surface area contributed by atoms with Crippen LogP contribution in [0.25, 0.3) is 0 Å². The molecule has 0 aliphatic carbocycles. The molecule has 298 valence electrons. The predicted octanol–water partition coefficient (Wildman–Crippen LogP) is 5.70. The van der Waals surface area contributed by atoms with E-state index >= 15 is 0 Å². The molecule has 4 unspecified atom stereocenters. The minimum atomic E-state index is -0.717. The number of Topliss-reactive ketones (excluding diaryl/α,β-unsaturated/α-hetero) is 1. The van der Waals surface area contributed by atoms with Crippen LogP contribution in [0.5, 0.6) is 0 Å². The molecule has 12 nitrogen and oxygen atoms in total. The summed E-state index contributed by atoms with van der Waals surface area (Å²) in [6.45, 7) is 19.3. The average Bonchev–Trinajstić information content (AvgIpc) is 3.49. The van der Waals surface area contributed by atoms with Gasteiger partial charge >= 0.3 is 5.97 Å². The lowest BCUT2D eigenvalue weighted by molar-refractivity contribution is -0.154. The fraction of sp³-hybridized carbons (Fsp3) is 0.811. The summed E-state index contributed by atoms with van der Waals surface area (Å²) in [5.74, 6) is 4.61. The van der Waals surface area contributed by atoms with Crippen molar-refractivity contribution in [3.05, 3.63) is 0 Å². The van der Waals surface area contributed by atoms with Crippen molar-refractivity contribution in [1.82, 2.24) is 21.3 Å². The highest BCUT2D eigenvalue weighted by atomic mass is 32.2. The Balaban J connectivity index is -0.000000686. The van der Waals surface area contributed by atoms with Gasteiger partial charge in [-0.1, -0.05) is 54.4 Å². The van der Waals surface area contributed by atoms with Crippen molar-refractivity contribution in [1.29, 1.82) is 5.41 Å². The number of hydrogen-bond acceptors (Lipinski definition) is 10. The molecule has 51 heavy (non-hydrogen) atoms. The molecule has 0 spiro atoms. The van der Waals surface area contributed by atoms with E-state index < -0.39 is 23.5 Å². The second-order valence-electron chi connectivity index (χ2n) is 13.3. The number of unbranched alkanes of at least 4 members (excludes halogenated alkanes) is 3. The fourth-order valence-corrected chi connectivity index (χ4v) is 6.27. The zero-order valence-electron chi connectivity index (χ0n) is 33.2. The van der Waals surface area contributed by atoms with Crippen LogP contribution in [0, 0.1) is 17.2 Å². The van der Waals surface area contributed by atoms with Crippen LogP contribution in [0.2, 0.25) is 0 Å². The Bertz CT molecular complexity index is 973. The summed E-state index contributed by atoms with van der Waals surface area (Å²) < 4.78 is 5.09. The number of esters is 1. The fourth-order valence-electron chi connectivity index (χ4n) is 3.97. The van der Waals surface area contributed by atoms with Gasteiger partial charge in [0.2, 0.25) is 24.1 Å². The number of hydrogen-bond donors (Lipinski definition) is 5. The quantitative estimate of drug-likeness (QED) is 0.0424. The highest BCUT2D eigenvalue weighted by Gasteiger charge is 2.26. The van der Waals surface area contributed by atoms with Crippen LogP contribution < -0.4 is 21.3 Å². The van der Waals surface area contributed by atoms with Gasteiger partial charge in [-0.05, 0) is 82.5 Å². The molecule has 1 saturated heterocycles. The van der Waals surface area contributed by atoms with E-state index in [0.717, 1.165) is 18.4 Å². The van der Waals surface area contributed by atoms with Gasteiger partial charge in [0.15, 0.2) is 5.78 Å². The summed E-state index contributed by atoms with van der Waals surface area (Å²) in [5.41, 5.74) is -0.621. The Hall–Kier alpha value is -2.61. The third kappa shape index (κ3) is 35.6. The molecular formula is C37H71N5O7S2. The van der Waals surface area contributed by atoms with Gasteiger partial charge in [-0.25, -0.2) is 0 Å². The van der Waals surface area contributed by atoms with Gasteiger partial charge in [0.05, 0.1) is 6.21 Å². The molecule has 1 rings (SSSR count). The van der Waals surface area contributed by atoms with E-state index in [4.69, 9.17) is 10.1 Å². The molecular weight excluding hydrogens is 691 g/mol. The number of ketones is 1. The monoisotopic (exact) mass is 761 g/mol. The lowest BCUT2D eigenvalue weighted by Crippen LogP contribution is -2.47. The Morgan fingerprint density at radius 1 is 0.961 bits per heavy atom. The molecule has 0 saturated carbocycles. The molecule has 4 atom stereocenters. The van der Waals surface area contributed by atoms with Gasteiger partial charge in [-0.15, -0.1) is 0 Å². The first-order valence-corrected chi connectivity index (χ1v) is 20.8. The highest BCUT2D eigenvalue weighted by molar-refractivity contribution is 7.99. The standard InChI is InChI=1S/C15H27N3O5.C10H19NOS.C8H18S.C4H7NO/c1-11(20)18-12(7-5-6-8-16-10-19)14(22)17-9-13(21)23-15(2,3)4;1-4-7(2)10(12)11-9-6-13-5-8(9)3;1-3-5-6-8-9-7-4-2;1-2-4(6)3-5/h10,12H,5-9H2,1-4H3,(H,16,19)(H,17,22)(H,18,20);7-9H,4-6H2,1-3H3,(H,11,12);3-8H2,1-2H3;3,5H,2H2,1H3. The predicted molar refractivity (Wildman–Crippen MR) is 213 cm³/mol. The van der Waals surface area contributed by atoms with Gasteiger partial charge in [-0.3, -0.25) is 28.8 Å². The topological polar surface area (TPSA) is 184 Å². The molecule has 0 radical (unpaired) electrons. The number of ether oxygens (including phenoxy) is 1. The minimum absolute atomic E-state index is 0.116. The van der Waals surface area contributed by atoms with Crippen molar-refractivity contribution in [3.8, 4) is 0 Å². The van der Waals surface area contributed by atoms with Crippen molar-refractivity contribution < 1.29 is 33.5 Å². The van der Waals surface area contributed by atoms with Crippen molar-refractivity contribution in [2.45, 2.75) is 145 Å². The van der Waals surface area contributed by atoms with E-state index in [2.05, 4.69) is 60.7 Å². The van der Waals surface area contributed by atoms with Gasteiger partial charge in [0.1, 0.15) is 18.2 Å². The zero-order valence-corrected chi connectivity index (χ0v) is 34.9. The molecule has 4 amide bonds. The number of carbonyl (C=O) groups is 6. The maximum absolute atomic E-state index is 12.1. The Kier molecular flexibility index (Phi) is 35.7.